The Labute approximate surface area is 124 Å². The third-order valence-electron chi connectivity index (χ3n) is 3.94. The number of ether oxygens (including phenoxy) is 1. The average Bonchev–Trinajstić information content (AvgIpc) is 2.49. The molecule has 0 fully saturated rings. The molecule has 2 aromatic carbocycles. The number of nitrogens with two attached hydrogens (primary N) is 1. The Kier molecular flexibility index (Phi) is 3.79. The van der Waals surface area contributed by atoms with Gasteiger partial charge in [0.2, 0.25) is 0 Å². The molecule has 1 aliphatic heterocycles. The maximum Gasteiger partial charge on any atom is 0.102 e. The summed E-state index contributed by atoms with van der Waals surface area (Å²) in [5.74, 6) is 0. The van der Waals surface area contributed by atoms with Gasteiger partial charge in [-0.3, -0.25) is 0 Å². The van der Waals surface area contributed by atoms with E-state index in [-0.39, 0.29) is 12.1 Å². The Morgan fingerprint density at radius 2 is 2.05 bits per heavy atom. The molecular weight excluding hydrogens is 270 g/mol. The van der Waals surface area contributed by atoms with Gasteiger partial charge in [-0.2, -0.15) is 0 Å². The summed E-state index contributed by atoms with van der Waals surface area (Å²) in [6, 6.07) is 14.1. The highest BCUT2D eigenvalue weighted by Gasteiger charge is 2.27. The summed E-state index contributed by atoms with van der Waals surface area (Å²) in [7, 11) is 0. The van der Waals surface area contributed by atoms with Crippen molar-refractivity contribution in [1.29, 1.82) is 0 Å². The molecule has 1 heterocycles. The lowest BCUT2D eigenvalue weighted by Crippen LogP contribution is -2.27. The molecule has 104 valence electrons. The van der Waals surface area contributed by atoms with Crippen LogP contribution in [0.4, 0.5) is 0 Å². The lowest BCUT2D eigenvalue weighted by Gasteiger charge is -2.30. The van der Waals surface area contributed by atoms with E-state index in [0.29, 0.717) is 0 Å². The molecule has 0 spiro atoms. The van der Waals surface area contributed by atoms with Gasteiger partial charge in [0.1, 0.15) is 6.10 Å². The lowest BCUT2D eigenvalue weighted by molar-refractivity contribution is 0.0241. The molecule has 2 unspecified atom stereocenters. The first kappa shape index (κ1) is 13.6. The first-order valence-corrected chi connectivity index (χ1v) is 7.25. The molecule has 2 nitrogen and oxygen atoms in total. The second-order valence-electron chi connectivity index (χ2n) is 5.27. The van der Waals surface area contributed by atoms with E-state index in [1.54, 1.807) is 0 Å². The van der Waals surface area contributed by atoms with Gasteiger partial charge >= 0.3 is 0 Å². The van der Waals surface area contributed by atoms with E-state index in [2.05, 4.69) is 18.2 Å². The molecule has 0 bridgehead atoms. The van der Waals surface area contributed by atoms with Crippen LogP contribution in [-0.4, -0.2) is 6.61 Å². The van der Waals surface area contributed by atoms with E-state index in [1.807, 2.05) is 31.2 Å². The number of hydrogen-bond donors (Lipinski definition) is 1. The number of benzene rings is 2. The Balaban J connectivity index is 1.95. The molecule has 3 rings (SSSR count). The molecule has 0 saturated heterocycles. The van der Waals surface area contributed by atoms with E-state index in [4.69, 9.17) is 22.1 Å². The molecule has 20 heavy (non-hydrogen) atoms. The monoisotopic (exact) mass is 287 g/mol. The van der Waals surface area contributed by atoms with Gasteiger partial charge in [-0.15, -0.1) is 0 Å². The van der Waals surface area contributed by atoms with Crippen molar-refractivity contribution >= 4 is 11.6 Å². The highest BCUT2D eigenvalue weighted by atomic mass is 35.5. The molecule has 0 radical (unpaired) electrons. The predicted molar refractivity (Wildman–Crippen MR) is 82.0 cm³/mol. The summed E-state index contributed by atoms with van der Waals surface area (Å²) in [5, 5.41) is 0.752. The van der Waals surface area contributed by atoms with Crippen LogP contribution in [0, 0.1) is 6.92 Å². The van der Waals surface area contributed by atoms with Crippen LogP contribution < -0.4 is 5.73 Å². The Hall–Kier alpha value is -1.35. The van der Waals surface area contributed by atoms with Crippen LogP contribution in [-0.2, 0) is 11.2 Å². The molecule has 0 aromatic heterocycles. The van der Waals surface area contributed by atoms with Crippen molar-refractivity contribution in [3.05, 3.63) is 69.7 Å². The zero-order valence-corrected chi connectivity index (χ0v) is 12.2. The van der Waals surface area contributed by atoms with Crippen LogP contribution in [0.25, 0.3) is 0 Å². The minimum atomic E-state index is -0.199. The number of hydrogen-bond acceptors (Lipinski definition) is 2. The van der Waals surface area contributed by atoms with Crippen LogP contribution in [0.15, 0.2) is 42.5 Å². The van der Waals surface area contributed by atoms with Gasteiger partial charge in [-0.1, -0.05) is 48.0 Å². The van der Waals surface area contributed by atoms with E-state index >= 15 is 0 Å². The summed E-state index contributed by atoms with van der Waals surface area (Å²) < 4.78 is 5.92. The van der Waals surface area contributed by atoms with Crippen molar-refractivity contribution < 1.29 is 4.74 Å². The van der Waals surface area contributed by atoms with Crippen LogP contribution in [0.1, 0.15) is 34.4 Å². The third-order valence-corrected chi connectivity index (χ3v) is 4.34. The van der Waals surface area contributed by atoms with Gasteiger partial charge in [0.15, 0.2) is 0 Å². The lowest BCUT2D eigenvalue weighted by atomic mass is 9.90. The van der Waals surface area contributed by atoms with E-state index < -0.39 is 0 Å². The van der Waals surface area contributed by atoms with Crippen molar-refractivity contribution in [1.82, 2.24) is 0 Å². The maximum absolute atomic E-state index is 6.42. The van der Waals surface area contributed by atoms with Crippen LogP contribution in [0.2, 0.25) is 5.02 Å². The fourth-order valence-corrected chi connectivity index (χ4v) is 2.90. The molecule has 0 saturated carbocycles. The van der Waals surface area contributed by atoms with Crippen molar-refractivity contribution in [2.24, 2.45) is 5.73 Å². The molecule has 2 N–H and O–H groups in total. The van der Waals surface area contributed by atoms with Gasteiger partial charge in [-0.05, 0) is 41.7 Å². The fraction of sp³-hybridized carbons (Fsp3) is 0.294. The maximum atomic E-state index is 6.42. The van der Waals surface area contributed by atoms with Gasteiger partial charge < -0.3 is 10.5 Å². The summed E-state index contributed by atoms with van der Waals surface area (Å²) in [6.07, 6.45) is 0.854. The largest absolute Gasteiger partial charge is 0.371 e. The first-order valence-electron chi connectivity index (χ1n) is 6.88. The Morgan fingerprint density at radius 1 is 1.25 bits per heavy atom. The fourth-order valence-electron chi connectivity index (χ4n) is 2.71. The number of aryl methyl sites for hydroxylation is 1. The molecule has 2 atom stereocenters. The first-order chi connectivity index (χ1) is 9.66. The summed E-state index contributed by atoms with van der Waals surface area (Å²) in [6.45, 7) is 2.71. The summed E-state index contributed by atoms with van der Waals surface area (Å²) >= 11 is 6.20. The van der Waals surface area contributed by atoms with Crippen molar-refractivity contribution in [2.45, 2.75) is 25.5 Å². The molecule has 1 aliphatic rings. The van der Waals surface area contributed by atoms with Crippen molar-refractivity contribution in [2.75, 3.05) is 6.61 Å². The van der Waals surface area contributed by atoms with Crippen molar-refractivity contribution in [3.63, 3.8) is 0 Å². The second kappa shape index (κ2) is 5.57. The molecule has 3 heteroatoms. The van der Waals surface area contributed by atoms with Crippen LogP contribution in [0.3, 0.4) is 0 Å². The molecule has 0 aliphatic carbocycles. The van der Waals surface area contributed by atoms with Crippen molar-refractivity contribution in [3.8, 4) is 0 Å². The van der Waals surface area contributed by atoms with Gasteiger partial charge in [0, 0.05) is 5.02 Å². The third kappa shape index (κ3) is 2.47. The number of rotatable bonds is 2. The highest BCUT2D eigenvalue weighted by molar-refractivity contribution is 6.31. The zero-order valence-electron chi connectivity index (χ0n) is 11.5. The van der Waals surface area contributed by atoms with Gasteiger partial charge in [0.05, 0.1) is 12.6 Å². The quantitative estimate of drug-likeness (QED) is 0.907. The smallest absolute Gasteiger partial charge is 0.102 e. The van der Waals surface area contributed by atoms with Gasteiger partial charge in [-0.25, -0.2) is 0 Å². The molecule has 2 aromatic rings. The predicted octanol–water partition coefficient (Wildman–Crippen LogP) is 3.96. The number of halogens is 1. The SMILES string of the molecule is Cc1ccc(C(N)C2OCCc3ccccc32)cc1Cl. The highest BCUT2D eigenvalue weighted by Crippen LogP contribution is 2.36. The second-order valence-corrected chi connectivity index (χ2v) is 5.68. The topological polar surface area (TPSA) is 35.2 Å². The minimum Gasteiger partial charge on any atom is -0.371 e. The normalized spacial score (nSPS) is 19.4. The summed E-state index contributed by atoms with van der Waals surface area (Å²) in [5.41, 5.74) is 11.0. The standard InChI is InChI=1S/C17H18ClNO/c1-11-6-7-13(10-15(11)18)16(19)17-14-5-3-2-4-12(14)8-9-20-17/h2-7,10,16-17H,8-9,19H2,1H3. The van der Waals surface area contributed by atoms with Gasteiger partial charge in [0.25, 0.3) is 0 Å². The van der Waals surface area contributed by atoms with E-state index in [0.717, 1.165) is 29.2 Å². The number of fused-ring (bicyclic) bond motifs is 1. The molecule has 0 amide bonds. The Bertz CT molecular complexity index is 626. The van der Waals surface area contributed by atoms with E-state index in [1.165, 1.54) is 11.1 Å². The van der Waals surface area contributed by atoms with E-state index in [9.17, 15) is 0 Å². The van der Waals surface area contributed by atoms with Crippen LogP contribution >= 0.6 is 11.6 Å². The minimum absolute atomic E-state index is 0.0984. The molecular formula is C17H18ClNO. The zero-order chi connectivity index (χ0) is 14.1. The Morgan fingerprint density at radius 3 is 2.85 bits per heavy atom. The summed E-state index contributed by atoms with van der Waals surface area (Å²) in [4.78, 5) is 0. The average molecular weight is 288 g/mol. The van der Waals surface area contributed by atoms with Crippen LogP contribution in [0.5, 0.6) is 0 Å².